The molecule has 2 aliphatic rings. The monoisotopic (exact) mass is 455 g/mol. The average Bonchev–Trinajstić information content (AvgIpc) is 3.55. The number of carbonyl (C=O) groups excluding carboxylic acids is 1. The second-order valence-corrected chi connectivity index (χ2v) is 8.77. The van der Waals surface area contributed by atoms with Gasteiger partial charge < -0.3 is 18.8 Å². The fourth-order valence-electron chi connectivity index (χ4n) is 4.42. The third-order valence-electron chi connectivity index (χ3n) is 5.82. The largest absolute Gasteiger partial charge is 0.507 e. The summed E-state index contributed by atoms with van der Waals surface area (Å²) in [5.74, 6) is 0.313. The first-order valence-electron chi connectivity index (χ1n) is 10.4. The molecular formula is C26H17NO5S. The van der Waals surface area contributed by atoms with E-state index in [1.165, 1.54) is 18.0 Å². The molecule has 0 amide bonds. The molecule has 1 N–H and O–H groups in total. The lowest BCUT2D eigenvalue weighted by atomic mass is 9.87. The Kier molecular flexibility index (Phi) is 4.52. The van der Waals surface area contributed by atoms with E-state index in [4.69, 9.17) is 8.83 Å². The van der Waals surface area contributed by atoms with Crippen LogP contribution in [0.4, 0.5) is 5.69 Å². The zero-order valence-electron chi connectivity index (χ0n) is 17.3. The van der Waals surface area contributed by atoms with Crippen LogP contribution in [0.25, 0.3) is 22.3 Å². The smallest absolute Gasteiger partial charge is 0.346 e. The number of aliphatic hydroxyl groups is 1. The highest BCUT2D eigenvalue weighted by Gasteiger charge is 2.41. The molecule has 0 aliphatic carbocycles. The fraction of sp³-hybridized carbons (Fsp3) is 0.0769. The molecule has 1 saturated heterocycles. The second-order valence-electron chi connectivity index (χ2n) is 7.69. The minimum Gasteiger partial charge on any atom is -0.507 e. The summed E-state index contributed by atoms with van der Waals surface area (Å²) in [6.45, 7) is 0.620. The van der Waals surface area contributed by atoms with Crippen LogP contribution in [-0.2, 0) is 0 Å². The average molecular weight is 455 g/mol. The molecule has 6 nitrogen and oxygen atoms in total. The Morgan fingerprint density at radius 2 is 1.79 bits per heavy atom. The molecule has 2 aromatic heterocycles. The molecular weight excluding hydrogens is 438 g/mol. The molecule has 0 spiro atoms. The Bertz CT molecular complexity index is 1530. The number of Topliss-reactive ketones (excluding diaryl/α,β-unsaturated/α-hetero) is 1. The van der Waals surface area contributed by atoms with Gasteiger partial charge in [-0.05, 0) is 24.3 Å². The number of hydrogen-bond acceptors (Lipinski definition) is 7. The number of allylic oxidation sites excluding steroid dienone is 2. The van der Waals surface area contributed by atoms with E-state index in [0.717, 1.165) is 11.1 Å². The molecule has 0 radical (unpaired) electrons. The quantitative estimate of drug-likeness (QED) is 0.249. The fourth-order valence-corrected chi connectivity index (χ4v) is 5.56. The number of rotatable bonds is 3. The predicted octanol–water partition coefficient (Wildman–Crippen LogP) is 5.47. The Labute approximate surface area is 192 Å². The molecule has 162 valence electrons. The molecule has 0 bridgehead atoms. The molecule has 2 aromatic carbocycles. The van der Waals surface area contributed by atoms with E-state index in [0.29, 0.717) is 28.4 Å². The van der Waals surface area contributed by atoms with Crippen LogP contribution >= 0.6 is 11.8 Å². The van der Waals surface area contributed by atoms with Crippen LogP contribution in [0.1, 0.15) is 21.7 Å². The van der Waals surface area contributed by atoms with Crippen molar-refractivity contribution in [3.8, 4) is 0 Å². The van der Waals surface area contributed by atoms with Crippen molar-refractivity contribution >= 4 is 45.5 Å². The van der Waals surface area contributed by atoms with E-state index in [-0.39, 0.29) is 28.2 Å². The third kappa shape index (κ3) is 2.97. The SMILES string of the molecule is O=C(C1=C2SCCN2c2c(c(=O)oc3ccccc23)C1=C(O)c1ccccc1)c1ccco1. The number of anilines is 1. The minimum absolute atomic E-state index is 0.136. The van der Waals surface area contributed by atoms with E-state index in [1.54, 1.807) is 48.5 Å². The first-order chi connectivity index (χ1) is 16.1. The maximum Gasteiger partial charge on any atom is 0.346 e. The summed E-state index contributed by atoms with van der Waals surface area (Å²) >= 11 is 1.52. The normalized spacial score (nSPS) is 16.7. The van der Waals surface area contributed by atoms with Gasteiger partial charge in [0.2, 0.25) is 5.78 Å². The van der Waals surface area contributed by atoms with Crippen molar-refractivity contribution in [2.75, 3.05) is 17.2 Å². The Hall–Kier alpha value is -3.97. The minimum atomic E-state index is -0.609. The van der Waals surface area contributed by atoms with Gasteiger partial charge in [0.25, 0.3) is 0 Å². The third-order valence-corrected chi connectivity index (χ3v) is 6.91. The number of furan rings is 1. The topological polar surface area (TPSA) is 83.9 Å². The van der Waals surface area contributed by atoms with Crippen molar-refractivity contribution in [3.63, 3.8) is 0 Å². The number of hydrogen-bond donors (Lipinski definition) is 1. The Morgan fingerprint density at radius 3 is 2.58 bits per heavy atom. The van der Waals surface area contributed by atoms with Crippen LogP contribution in [-0.4, -0.2) is 23.2 Å². The van der Waals surface area contributed by atoms with Gasteiger partial charge in [0.1, 0.15) is 11.3 Å². The van der Waals surface area contributed by atoms with Gasteiger partial charge in [-0.3, -0.25) is 4.79 Å². The molecule has 33 heavy (non-hydrogen) atoms. The van der Waals surface area contributed by atoms with Gasteiger partial charge in [0, 0.05) is 28.8 Å². The van der Waals surface area contributed by atoms with Gasteiger partial charge in [0.15, 0.2) is 5.76 Å². The second kappa shape index (κ2) is 7.56. The van der Waals surface area contributed by atoms with Gasteiger partial charge in [0.05, 0.1) is 28.1 Å². The van der Waals surface area contributed by atoms with Gasteiger partial charge in [-0.15, -0.1) is 11.8 Å². The summed E-state index contributed by atoms with van der Waals surface area (Å²) < 4.78 is 11.1. The highest BCUT2D eigenvalue weighted by Crippen LogP contribution is 2.51. The number of nitrogens with zero attached hydrogens (tertiary/aromatic N) is 1. The van der Waals surface area contributed by atoms with Gasteiger partial charge >= 0.3 is 5.63 Å². The lowest BCUT2D eigenvalue weighted by molar-refractivity contribution is 0.101. The van der Waals surface area contributed by atoms with E-state index in [1.807, 2.05) is 23.1 Å². The molecule has 0 atom stereocenters. The van der Waals surface area contributed by atoms with Crippen molar-refractivity contribution in [2.24, 2.45) is 0 Å². The van der Waals surface area contributed by atoms with Crippen molar-refractivity contribution < 1.29 is 18.7 Å². The molecule has 6 rings (SSSR count). The first-order valence-corrected chi connectivity index (χ1v) is 11.4. The molecule has 4 heterocycles. The molecule has 4 aromatic rings. The summed E-state index contributed by atoms with van der Waals surface area (Å²) in [6, 6.07) is 19.4. The summed E-state index contributed by atoms with van der Waals surface area (Å²) in [7, 11) is 0. The lowest BCUT2D eigenvalue weighted by Gasteiger charge is -2.31. The van der Waals surface area contributed by atoms with Crippen LogP contribution in [0.3, 0.4) is 0 Å². The highest BCUT2D eigenvalue weighted by molar-refractivity contribution is 8.03. The number of para-hydroxylation sites is 1. The summed E-state index contributed by atoms with van der Waals surface area (Å²) in [5.41, 5.74) is 1.57. The zero-order chi connectivity index (χ0) is 22.5. The van der Waals surface area contributed by atoms with Gasteiger partial charge in [-0.1, -0.05) is 42.5 Å². The summed E-state index contributed by atoms with van der Waals surface area (Å²) in [5, 5.41) is 12.9. The molecule has 0 unspecified atom stereocenters. The van der Waals surface area contributed by atoms with Crippen LogP contribution in [0, 0.1) is 0 Å². The van der Waals surface area contributed by atoms with Gasteiger partial charge in [-0.25, -0.2) is 4.79 Å². The number of aliphatic hydroxyl groups excluding tert-OH is 1. The number of carbonyl (C=O) groups is 1. The van der Waals surface area contributed by atoms with Crippen LogP contribution in [0.5, 0.6) is 0 Å². The predicted molar refractivity (Wildman–Crippen MR) is 128 cm³/mol. The van der Waals surface area contributed by atoms with Crippen LogP contribution in [0.15, 0.2) is 97.2 Å². The van der Waals surface area contributed by atoms with Crippen LogP contribution < -0.4 is 10.5 Å². The molecule has 0 saturated carbocycles. The Balaban J connectivity index is 1.76. The summed E-state index contributed by atoms with van der Waals surface area (Å²) in [6.07, 6.45) is 1.43. The maximum absolute atomic E-state index is 13.7. The number of ketones is 1. The summed E-state index contributed by atoms with van der Waals surface area (Å²) in [4.78, 5) is 29.0. The first kappa shape index (κ1) is 19.7. The lowest BCUT2D eigenvalue weighted by Crippen LogP contribution is -2.30. The molecule has 2 aliphatic heterocycles. The maximum atomic E-state index is 13.7. The van der Waals surface area contributed by atoms with Crippen LogP contribution in [0.2, 0.25) is 0 Å². The number of fused-ring (bicyclic) bond motifs is 5. The van der Waals surface area contributed by atoms with E-state index < -0.39 is 11.4 Å². The van der Waals surface area contributed by atoms with Crippen molar-refractivity contribution in [1.82, 2.24) is 0 Å². The van der Waals surface area contributed by atoms with Crippen molar-refractivity contribution in [1.29, 1.82) is 0 Å². The van der Waals surface area contributed by atoms with Crippen molar-refractivity contribution in [3.05, 3.63) is 111 Å². The van der Waals surface area contributed by atoms with E-state index in [2.05, 4.69) is 0 Å². The van der Waals surface area contributed by atoms with Crippen molar-refractivity contribution in [2.45, 2.75) is 0 Å². The van der Waals surface area contributed by atoms with E-state index >= 15 is 0 Å². The number of benzene rings is 2. The molecule has 1 fully saturated rings. The Morgan fingerprint density at radius 1 is 1.00 bits per heavy atom. The zero-order valence-corrected chi connectivity index (χ0v) is 18.1. The van der Waals surface area contributed by atoms with E-state index in [9.17, 15) is 14.7 Å². The standard InChI is InChI=1S/C26H17NO5S/c28-23(15-7-2-1-3-8-15)19-20-22(16-9-4-5-10-17(16)32-26(20)30)27-12-14-33-25(27)21(19)24(29)18-11-6-13-31-18/h1-11,13,28H,12,14H2. The van der Waals surface area contributed by atoms with Gasteiger partial charge in [-0.2, -0.15) is 0 Å². The number of thioether (sulfide) groups is 1. The highest BCUT2D eigenvalue weighted by atomic mass is 32.2. The molecule has 7 heteroatoms.